The molecule has 1 spiro atoms. The van der Waals surface area contributed by atoms with E-state index in [9.17, 15) is 14.7 Å². The molecule has 30 heavy (non-hydrogen) atoms. The van der Waals surface area contributed by atoms with Crippen LogP contribution >= 0.6 is 0 Å². The van der Waals surface area contributed by atoms with Crippen LogP contribution in [0.1, 0.15) is 59.3 Å². The number of allylic oxidation sites excluding steroid dienone is 3. The molecule has 0 aromatic heterocycles. The standard InChI is InChI=1S/C23H33NO6/c1-4-5-6-7-8-13(2)11-14(3)9-10-16(25)24-15-12-23(30-22(15)27)20-18(28-20)17(26)19-21(23)29-19/h9-11,13,15,18-22,27H,4-8,12H2,1-3H3,(H,24,25)/b10-9+,14-11+/t13-,15-,18-,19+,20-,21+,22+,23?/m1/s1. The number of amides is 1. The van der Waals surface area contributed by atoms with Crippen molar-refractivity contribution in [2.75, 3.05) is 0 Å². The van der Waals surface area contributed by atoms with Crippen molar-refractivity contribution in [3.8, 4) is 0 Å². The highest BCUT2D eigenvalue weighted by Crippen LogP contribution is 2.57. The molecule has 3 heterocycles. The molecule has 7 heteroatoms. The molecular formula is C23H33NO6. The number of Topliss-reactive ketones (excluding diaryl/α,β-unsaturated/α-hetero) is 1. The van der Waals surface area contributed by atoms with Crippen LogP contribution in [0.3, 0.4) is 0 Å². The lowest BCUT2D eigenvalue weighted by molar-refractivity contribution is -0.159. The predicted molar refractivity (Wildman–Crippen MR) is 110 cm³/mol. The van der Waals surface area contributed by atoms with Gasteiger partial charge in [-0.1, -0.05) is 57.3 Å². The molecule has 4 rings (SSSR count). The molecule has 1 unspecified atom stereocenters. The molecule has 0 aromatic rings. The van der Waals surface area contributed by atoms with Gasteiger partial charge in [0.2, 0.25) is 5.91 Å². The summed E-state index contributed by atoms with van der Waals surface area (Å²) in [7, 11) is 0. The SMILES string of the molecule is CCCCCC[C@@H](C)/C=C(C)/C=C/C(=O)N[C@@H]1CC2(O[C@@H]1O)[C@@H]1O[C@@H]1C(=O)[C@@H]1O[C@@H]12. The largest absolute Gasteiger partial charge is 0.366 e. The van der Waals surface area contributed by atoms with E-state index in [-0.39, 0.29) is 23.9 Å². The maximum Gasteiger partial charge on any atom is 0.244 e. The number of epoxide rings is 2. The first-order valence-corrected chi connectivity index (χ1v) is 11.2. The summed E-state index contributed by atoms with van der Waals surface area (Å²) < 4.78 is 16.8. The Balaban J connectivity index is 1.26. The van der Waals surface area contributed by atoms with Gasteiger partial charge in [-0.3, -0.25) is 9.59 Å². The zero-order valence-corrected chi connectivity index (χ0v) is 18.0. The molecule has 2 N–H and O–H groups in total. The van der Waals surface area contributed by atoms with Crippen LogP contribution in [0, 0.1) is 5.92 Å². The summed E-state index contributed by atoms with van der Waals surface area (Å²) in [4.78, 5) is 24.3. The molecule has 4 fully saturated rings. The summed E-state index contributed by atoms with van der Waals surface area (Å²) in [6.07, 6.45) is 9.12. The van der Waals surface area contributed by atoms with Gasteiger partial charge in [-0.15, -0.1) is 0 Å². The Morgan fingerprint density at radius 2 is 1.93 bits per heavy atom. The average Bonchev–Trinajstić information content (AvgIpc) is 3.60. The third-order valence-corrected chi connectivity index (χ3v) is 6.62. The Kier molecular flexibility index (Phi) is 6.17. The highest BCUT2D eigenvalue weighted by molar-refractivity contribution is 5.94. The van der Waals surface area contributed by atoms with Crippen LogP contribution in [0.25, 0.3) is 0 Å². The van der Waals surface area contributed by atoms with E-state index < -0.39 is 30.1 Å². The van der Waals surface area contributed by atoms with E-state index in [0.717, 1.165) is 12.0 Å². The number of rotatable bonds is 9. The summed E-state index contributed by atoms with van der Waals surface area (Å²) >= 11 is 0. The quantitative estimate of drug-likeness (QED) is 0.257. The van der Waals surface area contributed by atoms with E-state index in [1.807, 2.05) is 6.92 Å². The van der Waals surface area contributed by atoms with Crippen LogP contribution in [0.2, 0.25) is 0 Å². The third kappa shape index (κ3) is 4.26. The van der Waals surface area contributed by atoms with Gasteiger partial charge in [0.15, 0.2) is 12.1 Å². The van der Waals surface area contributed by atoms with Crippen LogP contribution < -0.4 is 5.32 Å². The number of aliphatic hydroxyl groups excluding tert-OH is 1. The molecule has 0 aromatic carbocycles. The van der Waals surface area contributed by atoms with E-state index in [1.165, 1.54) is 31.8 Å². The molecular weight excluding hydrogens is 386 g/mol. The predicted octanol–water partition coefficient (Wildman–Crippen LogP) is 2.18. The van der Waals surface area contributed by atoms with Crippen molar-refractivity contribution in [2.45, 2.75) is 102 Å². The lowest BCUT2D eigenvalue weighted by Gasteiger charge is -2.26. The maximum absolute atomic E-state index is 12.4. The number of hydrogen-bond acceptors (Lipinski definition) is 6. The van der Waals surface area contributed by atoms with Crippen molar-refractivity contribution in [3.05, 3.63) is 23.8 Å². The molecule has 0 bridgehead atoms. The molecule has 1 saturated carbocycles. The van der Waals surface area contributed by atoms with Crippen LogP contribution in [0.15, 0.2) is 23.8 Å². The van der Waals surface area contributed by atoms with E-state index in [1.54, 1.807) is 6.08 Å². The van der Waals surface area contributed by atoms with Crippen molar-refractivity contribution in [2.24, 2.45) is 5.92 Å². The van der Waals surface area contributed by atoms with Gasteiger partial charge in [-0.05, 0) is 19.3 Å². The Hall–Kier alpha value is -1.54. The molecule has 3 saturated heterocycles. The van der Waals surface area contributed by atoms with Gasteiger partial charge in [0.05, 0.1) is 6.04 Å². The van der Waals surface area contributed by atoms with Gasteiger partial charge in [0.1, 0.15) is 30.0 Å². The molecule has 1 aliphatic carbocycles. The first kappa shape index (κ1) is 21.7. The van der Waals surface area contributed by atoms with Crippen molar-refractivity contribution in [1.29, 1.82) is 0 Å². The van der Waals surface area contributed by atoms with Crippen molar-refractivity contribution in [1.82, 2.24) is 5.32 Å². The monoisotopic (exact) mass is 419 g/mol. The van der Waals surface area contributed by atoms with Gasteiger partial charge >= 0.3 is 0 Å². The summed E-state index contributed by atoms with van der Waals surface area (Å²) in [6, 6.07) is -0.563. The van der Waals surface area contributed by atoms with Crippen LogP contribution in [0.4, 0.5) is 0 Å². The summed E-state index contributed by atoms with van der Waals surface area (Å²) in [5.41, 5.74) is 0.204. The Morgan fingerprint density at radius 3 is 2.60 bits per heavy atom. The number of nitrogens with one attached hydrogen (secondary N) is 1. The first-order valence-electron chi connectivity index (χ1n) is 11.2. The van der Waals surface area contributed by atoms with Gasteiger partial charge in [0.25, 0.3) is 0 Å². The first-order chi connectivity index (χ1) is 14.4. The second-order valence-corrected chi connectivity index (χ2v) is 9.21. The van der Waals surface area contributed by atoms with Gasteiger partial charge in [0, 0.05) is 12.5 Å². The molecule has 166 valence electrons. The highest BCUT2D eigenvalue weighted by Gasteiger charge is 2.79. The number of ether oxygens (including phenoxy) is 3. The minimum Gasteiger partial charge on any atom is -0.366 e. The van der Waals surface area contributed by atoms with E-state index in [2.05, 4.69) is 25.2 Å². The molecule has 3 aliphatic heterocycles. The zero-order chi connectivity index (χ0) is 21.5. The number of unbranched alkanes of at least 4 members (excludes halogenated alkanes) is 3. The Labute approximate surface area is 177 Å². The van der Waals surface area contributed by atoms with Gasteiger partial charge in [-0.2, -0.15) is 0 Å². The van der Waals surface area contributed by atoms with Crippen molar-refractivity contribution >= 4 is 11.7 Å². The third-order valence-electron chi connectivity index (χ3n) is 6.62. The highest BCUT2D eigenvalue weighted by atomic mass is 16.7. The fraction of sp³-hybridized carbons (Fsp3) is 0.739. The minimum atomic E-state index is -1.15. The fourth-order valence-electron chi connectivity index (χ4n) is 4.93. The summed E-state index contributed by atoms with van der Waals surface area (Å²) in [5.74, 6) is 0.161. The van der Waals surface area contributed by atoms with Crippen LogP contribution in [0.5, 0.6) is 0 Å². The second-order valence-electron chi connectivity index (χ2n) is 9.21. The van der Waals surface area contributed by atoms with Gasteiger partial charge < -0.3 is 24.6 Å². The Bertz CT molecular complexity index is 726. The lowest BCUT2D eigenvalue weighted by atomic mass is 9.81. The molecule has 0 radical (unpaired) electrons. The van der Waals surface area contributed by atoms with Crippen molar-refractivity contribution < 1.29 is 28.9 Å². The maximum atomic E-state index is 12.4. The number of fused-ring (bicyclic) bond motifs is 4. The summed E-state index contributed by atoms with van der Waals surface area (Å²) in [5, 5.41) is 13.2. The lowest BCUT2D eigenvalue weighted by Crippen LogP contribution is -2.49. The number of aliphatic hydroxyl groups is 1. The molecule has 7 nitrogen and oxygen atoms in total. The number of hydrogen-bond donors (Lipinski definition) is 2. The second kappa shape index (κ2) is 8.54. The zero-order valence-electron chi connectivity index (χ0n) is 18.0. The van der Waals surface area contributed by atoms with E-state index in [0.29, 0.717) is 12.3 Å². The molecule has 1 amide bonds. The topological polar surface area (TPSA) is 101 Å². The number of carbonyl (C=O) groups is 2. The molecule has 4 aliphatic rings. The van der Waals surface area contributed by atoms with Crippen LogP contribution in [-0.2, 0) is 23.8 Å². The van der Waals surface area contributed by atoms with Gasteiger partial charge in [-0.25, -0.2) is 0 Å². The fourth-order valence-corrected chi connectivity index (χ4v) is 4.93. The number of carbonyl (C=O) groups excluding carboxylic acids is 2. The molecule has 8 atom stereocenters. The Morgan fingerprint density at radius 1 is 1.23 bits per heavy atom. The van der Waals surface area contributed by atoms with E-state index >= 15 is 0 Å². The minimum absolute atomic E-state index is 0.0361. The van der Waals surface area contributed by atoms with Crippen LogP contribution in [-0.4, -0.2) is 59.1 Å². The average molecular weight is 420 g/mol. The van der Waals surface area contributed by atoms with Crippen molar-refractivity contribution in [3.63, 3.8) is 0 Å². The smallest absolute Gasteiger partial charge is 0.244 e. The van der Waals surface area contributed by atoms with E-state index in [4.69, 9.17) is 14.2 Å². The summed E-state index contributed by atoms with van der Waals surface area (Å²) in [6.45, 7) is 6.40. The normalized spacial score (nSPS) is 40.4. The number of ketones is 1.